The maximum absolute atomic E-state index is 5.65. The average molecular weight is 219 g/mol. The van der Waals surface area contributed by atoms with Gasteiger partial charge in [-0.1, -0.05) is 0 Å². The molecule has 0 bridgehead atoms. The molecule has 1 fully saturated rings. The van der Waals surface area contributed by atoms with Gasteiger partial charge >= 0.3 is 0 Å². The average Bonchev–Trinajstić information content (AvgIpc) is 2.52. The summed E-state index contributed by atoms with van der Waals surface area (Å²) in [6, 6.07) is 0. The van der Waals surface area contributed by atoms with Crippen LogP contribution in [0.5, 0.6) is 0 Å². The lowest BCUT2D eigenvalue weighted by Crippen LogP contribution is -2.28. The lowest BCUT2D eigenvalue weighted by Gasteiger charge is -2.20. The molecule has 0 saturated carbocycles. The van der Waals surface area contributed by atoms with Gasteiger partial charge < -0.3 is 9.80 Å². The quantitative estimate of drug-likeness (QED) is 0.496. The summed E-state index contributed by atoms with van der Waals surface area (Å²) >= 11 is 5.65. The van der Waals surface area contributed by atoms with E-state index in [0.29, 0.717) is 0 Å². The highest BCUT2D eigenvalue weighted by atomic mass is 35.5. The second kappa shape index (κ2) is 6.65. The summed E-state index contributed by atoms with van der Waals surface area (Å²) in [4.78, 5) is 4.88. The first-order valence-electron chi connectivity index (χ1n) is 5.65. The monoisotopic (exact) mass is 218 g/mol. The van der Waals surface area contributed by atoms with Crippen molar-refractivity contribution >= 4 is 11.6 Å². The van der Waals surface area contributed by atoms with Crippen molar-refractivity contribution < 1.29 is 0 Å². The standard InChI is InChI=1S/C11H23ClN2/c1-13(7-4-3-6-12)9-11-5-8-14(2)10-11/h11H,3-10H2,1-2H3. The molecule has 1 rings (SSSR count). The summed E-state index contributed by atoms with van der Waals surface area (Å²) in [5.74, 6) is 1.70. The van der Waals surface area contributed by atoms with Gasteiger partial charge in [-0.3, -0.25) is 0 Å². The Morgan fingerprint density at radius 1 is 1.43 bits per heavy atom. The van der Waals surface area contributed by atoms with Crippen LogP contribution in [0.25, 0.3) is 0 Å². The lowest BCUT2D eigenvalue weighted by molar-refractivity contribution is 0.270. The zero-order valence-electron chi connectivity index (χ0n) is 9.51. The molecule has 0 aromatic heterocycles. The van der Waals surface area contributed by atoms with Gasteiger partial charge in [0.05, 0.1) is 0 Å². The number of likely N-dealkylation sites (tertiary alicyclic amines) is 1. The summed E-state index contributed by atoms with van der Waals surface area (Å²) < 4.78 is 0. The number of halogens is 1. The summed E-state index contributed by atoms with van der Waals surface area (Å²) in [5.41, 5.74) is 0. The highest BCUT2D eigenvalue weighted by Crippen LogP contribution is 2.15. The van der Waals surface area contributed by atoms with E-state index in [1.807, 2.05) is 0 Å². The molecular formula is C11H23ClN2. The molecule has 2 nitrogen and oxygen atoms in total. The molecule has 1 heterocycles. The smallest absolute Gasteiger partial charge is 0.0223 e. The highest BCUT2D eigenvalue weighted by Gasteiger charge is 2.20. The van der Waals surface area contributed by atoms with Crippen LogP contribution in [0.1, 0.15) is 19.3 Å². The summed E-state index contributed by atoms with van der Waals surface area (Å²) in [7, 11) is 4.44. The second-order valence-corrected chi connectivity index (χ2v) is 4.95. The van der Waals surface area contributed by atoms with E-state index >= 15 is 0 Å². The van der Waals surface area contributed by atoms with Gasteiger partial charge in [0.2, 0.25) is 0 Å². The van der Waals surface area contributed by atoms with E-state index in [1.165, 1.54) is 39.0 Å². The Bertz CT molecular complexity index is 152. The molecule has 1 atom stereocenters. The van der Waals surface area contributed by atoms with Crippen LogP contribution >= 0.6 is 11.6 Å². The molecule has 1 aliphatic heterocycles. The Kier molecular flexibility index (Phi) is 5.83. The molecule has 0 aromatic carbocycles. The van der Waals surface area contributed by atoms with E-state index < -0.39 is 0 Å². The molecule has 0 amide bonds. The Morgan fingerprint density at radius 3 is 2.79 bits per heavy atom. The highest BCUT2D eigenvalue weighted by molar-refractivity contribution is 6.17. The second-order valence-electron chi connectivity index (χ2n) is 4.58. The predicted octanol–water partition coefficient (Wildman–Crippen LogP) is 1.89. The first kappa shape index (κ1) is 12.3. The predicted molar refractivity (Wildman–Crippen MR) is 63.1 cm³/mol. The fourth-order valence-corrected chi connectivity index (χ4v) is 2.37. The summed E-state index contributed by atoms with van der Waals surface area (Å²) in [5, 5.41) is 0. The molecule has 0 spiro atoms. The lowest BCUT2D eigenvalue weighted by atomic mass is 10.1. The SMILES string of the molecule is CN(CCCCCl)CC1CCN(C)C1. The first-order chi connectivity index (χ1) is 6.72. The van der Waals surface area contributed by atoms with Crippen molar-refractivity contribution in [2.24, 2.45) is 5.92 Å². The normalized spacial score (nSPS) is 23.6. The zero-order valence-corrected chi connectivity index (χ0v) is 10.3. The van der Waals surface area contributed by atoms with E-state index in [0.717, 1.165) is 18.2 Å². The van der Waals surface area contributed by atoms with Gasteiger partial charge in [-0.05, 0) is 52.4 Å². The third kappa shape index (κ3) is 4.63. The van der Waals surface area contributed by atoms with Crippen molar-refractivity contribution in [1.29, 1.82) is 0 Å². The fourth-order valence-electron chi connectivity index (χ4n) is 2.18. The van der Waals surface area contributed by atoms with Crippen LogP contribution in [0.2, 0.25) is 0 Å². The van der Waals surface area contributed by atoms with Gasteiger partial charge in [0.25, 0.3) is 0 Å². The minimum atomic E-state index is 0.806. The van der Waals surface area contributed by atoms with Gasteiger partial charge in [-0.25, -0.2) is 0 Å². The van der Waals surface area contributed by atoms with E-state index in [-0.39, 0.29) is 0 Å². The minimum Gasteiger partial charge on any atom is -0.306 e. The van der Waals surface area contributed by atoms with Gasteiger partial charge in [-0.15, -0.1) is 11.6 Å². The molecule has 0 aromatic rings. The Hall–Kier alpha value is 0.210. The van der Waals surface area contributed by atoms with E-state index in [9.17, 15) is 0 Å². The summed E-state index contributed by atoms with van der Waals surface area (Å²) in [6.45, 7) is 5.01. The van der Waals surface area contributed by atoms with Crippen LogP contribution < -0.4 is 0 Å². The Morgan fingerprint density at radius 2 is 2.21 bits per heavy atom. The number of nitrogens with zero attached hydrogens (tertiary/aromatic N) is 2. The maximum atomic E-state index is 5.65. The summed E-state index contributed by atoms with van der Waals surface area (Å²) in [6.07, 6.45) is 3.76. The zero-order chi connectivity index (χ0) is 10.4. The molecule has 84 valence electrons. The number of rotatable bonds is 6. The van der Waals surface area contributed by atoms with Gasteiger partial charge in [0, 0.05) is 19.0 Å². The van der Waals surface area contributed by atoms with Crippen LogP contribution in [-0.2, 0) is 0 Å². The van der Waals surface area contributed by atoms with Crippen molar-refractivity contribution in [1.82, 2.24) is 9.80 Å². The Balaban J connectivity index is 2.05. The maximum Gasteiger partial charge on any atom is 0.0223 e. The largest absolute Gasteiger partial charge is 0.306 e. The number of hydrogen-bond donors (Lipinski definition) is 0. The van der Waals surface area contributed by atoms with Gasteiger partial charge in [0.1, 0.15) is 0 Å². The van der Waals surface area contributed by atoms with E-state index in [2.05, 4.69) is 23.9 Å². The Labute approximate surface area is 93.2 Å². The van der Waals surface area contributed by atoms with Crippen LogP contribution in [0.4, 0.5) is 0 Å². The fraction of sp³-hybridized carbons (Fsp3) is 1.00. The molecule has 14 heavy (non-hydrogen) atoms. The van der Waals surface area contributed by atoms with Crippen LogP contribution in [0.3, 0.4) is 0 Å². The van der Waals surface area contributed by atoms with Gasteiger partial charge in [-0.2, -0.15) is 0 Å². The van der Waals surface area contributed by atoms with Crippen molar-refractivity contribution in [3.05, 3.63) is 0 Å². The number of hydrogen-bond acceptors (Lipinski definition) is 2. The molecule has 0 aliphatic carbocycles. The third-order valence-corrected chi connectivity index (χ3v) is 3.25. The van der Waals surface area contributed by atoms with Crippen molar-refractivity contribution in [3.8, 4) is 0 Å². The third-order valence-electron chi connectivity index (χ3n) is 2.98. The molecule has 3 heteroatoms. The minimum absolute atomic E-state index is 0.806. The molecular weight excluding hydrogens is 196 g/mol. The molecule has 1 saturated heterocycles. The van der Waals surface area contributed by atoms with Crippen LogP contribution in [0.15, 0.2) is 0 Å². The van der Waals surface area contributed by atoms with E-state index in [1.54, 1.807) is 0 Å². The van der Waals surface area contributed by atoms with Crippen molar-refractivity contribution in [3.63, 3.8) is 0 Å². The molecule has 1 aliphatic rings. The van der Waals surface area contributed by atoms with Crippen molar-refractivity contribution in [2.75, 3.05) is 46.2 Å². The molecule has 0 radical (unpaired) electrons. The van der Waals surface area contributed by atoms with Crippen molar-refractivity contribution in [2.45, 2.75) is 19.3 Å². The molecule has 0 N–H and O–H groups in total. The topological polar surface area (TPSA) is 6.48 Å². The number of unbranched alkanes of at least 4 members (excludes halogenated alkanes) is 1. The van der Waals surface area contributed by atoms with Crippen LogP contribution in [0, 0.1) is 5.92 Å². The first-order valence-corrected chi connectivity index (χ1v) is 6.19. The number of alkyl halides is 1. The van der Waals surface area contributed by atoms with E-state index in [4.69, 9.17) is 11.6 Å². The van der Waals surface area contributed by atoms with Crippen LogP contribution in [-0.4, -0.2) is 56.0 Å². The molecule has 1 unspecified atom stereocenters. The van der Waals surface area contributed by atoms with Gasteiger partial charge in [0.15, 0.2) is 0 Å².